The van der Waals surface area contributed by atoms with E-state index < -0.39 is 0 Å². The van der Waals surface area contributed by atoms with Crippen molar-refractivity contribution in [3.05, 3.63) is 15.7 Å². The Balaban J connectivity index is 1.99. The molecule has 0 aliphatic carbocycles. The average molecular weight is 384 g/mol. The summed E-state index contributed by atoms with van der Waals surface area (Å²) in [5.74, 6) is 0.483. The van der Waals surface area contributed by atoms with Gasteiger partial charge in [0, 0.05) is 20.2 Å². The number of hydrogen-bond acceptors (Lipinski definition) is 7. The van der Waals surface area contributed by atoms with E-state index in [0.29, 0.717) is 11.5 Å². The molecule has 0 spiro atoms. The first-order valence-electron chi connectivity index (χ1n) is 8.49. The monoisotopic (exact) mass is 383 g/mol. The van der Waals surface area contributed by atoms with E-state index in [1.807, 2.05) is 6.92 Å². The third-order valence-electron chi connectivity index (χ3n) is 4.36. The van der Waals surface area contributed by atoms with Crippen LogP contribution in [0, 0.1) is 6.92 Å². The molecule has 2 aromatic rings. The van der Waals surface area contributed by atoms with Gasteiger partial charge in [0.2, 0.25) is 5.28 Å². The Kier molecular flexibility index (Phi) is 6.09. The molecule has 1 saturated heterocycles. The molecule has 2 aromatic heterocycles. The van der Waals surface area contributed by atoms with Gasteiger partial charge in [0.05, 0.1) is 12.0 Å². The lowest BCUT2D eigenvalue weighted by Gasteiger charge is -2.22. The molecule has 3 heterocycles. The lowest BCUT2D eigenvalue weighted by Crippen LogP contribution is -2.25. The zero-order chi connectivity index (χ0) is 17.8. The van der Waals surface area contributed by atoms with Crippen LogP contribution in [0.1, 0.15) is 40.9 Å². The fourth-order valence-electron chi connectivity index (χ4n) is 3.08. The number of esters is 1. The Morgan fingerprint density at radius 2 is 1.92 bits per heavy atom. The Hall–Kier alpha value is -1.44. The minimum absolute atomic E-state index is 0.215. The lowest BCUT2D eigenvalue weighted by molar-refractivity contribution is 0.0393. The molecule has 0 bridgehead atoms. The third-order valence-corrected chi connectivity index (χ3v) is 5.69. The van der Waals surface area contributed by atoms with E-state index >= 15 is 0 Å². The van der Waals surface area contributed by atoms with Gasteiger partial charge in [-0.25, -0.2) is 9.78 Å². The number of methoxy groups -OCH3 is 1. The molecule has 8 heteroatoms. The molecule has 0 saturated carbocycles. The van der Waals surface area contributed by atoms with E-state index in [9.17, 15) is 4.79 Å². The Morgan fingerprint density at radius 3 is 2.60 bits per heavy atom. The summed E-state index contributed by atoms with van der Waals surface area (Å²) in [6.45, 7) is 4.43. The van der Waals surface area contributed by atoms with E-state index in [1.54, 1.807) is 7.11 Å². The molecule has 1 aliphatic rings. The van der Waals surface area contributed by atoms with Crippen molar-refractivity contribution in [3.8, 4) is 0 Å². The zero-order valence-electron chi connectivity index (χ0n) is 14.5. The molecule has 0 aromatic carbocycles. The van der Waals surface area contributed by atoms with Gasteiger partial charge in [-0.1, -0.05) is 12.8 Å². The second-order valence-electron chi connectivity index (χ2n) is 6.08. The fourth-order valence-corrected chi connectivity index (χ4v) is 4.37. The standard InChI is InChI=1S/C17H22ClN3O3S/c1-11-12-14(21-7-5-3-4-6-8-21)19-17(18)20-15(12)25-13(11)16(22)24-10-9-23-2/h3-10H2,1-2H3. The summed E-state index contributed by atoms with van der Waals surface area (Å²) in [5.41, 5.74) is 0.860. The predicted molar refractivity (Wildman–Crippen MR) is 100 cm³/mol. The highest BCUT2D eigenvalue weighted by molar-refractivity contribution is 7.20. The maximum atomic E-state index is 12.4. The quantitative estimate of drug-likeness (QED) is 0.444. The molecule has 1 aliphatic heterocycles. The molecule has 1 fully saturated rings. The van der Waals surface area contributed by atoms with Gasteiger partial charge in [-0.15, -0.1) is 11.3 Å². The van der Waals surface area contributed by atoms with Crippen LogP contribution in [0.15, 0.2) is 0 Å². The van der Waals surface area contributed by atoms with E-state index in [2.05, 4.69) is 14.9 Å². The van der Waals surface area contributed by atoms with Crippen LogP contribution >= 0.6 is 22.9 Å². The van der Waals surface area contributed by atoms with Gasteiger partial charge in [-0.2, -0.15) is 4.98 Å². The number of nitrogens with zero attached hydrogens (tertiary/aromatic N) is 3. The second-order valence-corrected chi connectivity index (χ2v) is 7.42. The number of ether oxygens (including phenoxy) is 2. The zero-order valence-corrected chi connectivity index (χ0v) is 16.1. The Labute approximate surface area is 156 Å². The van der Waals surface area contributed by atoms with Crippen LogP contribution in [0.2, 0.25) is 5.28 Å². The second kappa shape index (κ2) is 8.29. The highest BCUT2D eigenvalue weighted by Crippen LogP contribution is 2.37. The van der Waals surface area contributed by atoms with Crippen LogP contribution in [0.5, 0.6) is 0 Å². The first-order valence-corrected chi connectivity index (χ1v) is 9.69. The molecule has 25 heavy (non-hydrogen) atoms. The van der Waals surface area contributed by atoms with E-state index in [1.165, 1.54) is 24.2 Å². The first-order chi connectivity index (χ1) is 12.1. The van der Waals surface area contributed by atoms with Gasteiger partial charge in [-0.3, -0.25) is 0 Å². The van der Waals surface area contributed by atoms with Gasteiger partial charge in [-0.05, 0) is 36.9 Å². The number of carbonyl (C=O) groups excluding carboxylic acids is 1. The molecule has 0 unspecified atom stereocenters. The number of halogens is 1. The van der Waals surface area contributed by atoms with E-state index in [-0.39, 0.29) is 17.9 Å². The largest absolute Gasteiger partial charge is 0.459 e. The molecule has 3 rings (SSSR count). The van der Waals surface area contributed by atoms with Gasteiger partial charge in [0.25, 0.3) is 0 Å². The van der Waals surface area contributed by atoms with Crippen molar-refractivity contribution in [1.82, 2.24) is 9.97 Å². The summed E-state index contributed by atoms with van der Waals surface area (Å²) in [7, 11) is 1.57. The summed E-state index contributed by atoms with van der Waals surface area (Å²) in [4.78, 5) is 24.7. The summed E-state index contributed by atoms with van der Waals surface area (Å²) in [5, 5.41) is 1.13. The molecule has 0 atom stereocenters. The first kappa shape index (κ1) is 18.4. The van der Waals surface area contributed by atoms with Crippen LogP contribution in [-0.2, 0) is 9.47 Å². The minimum Gasteiger partial charge on any atom is -0.459 e. The van der Waals surface area contributed by atoms with Gasteiger partial charge >= 0.3 is 5.97 Å². The fraction of sp³-hybridized carbons (Fsp3) is 0.588. The maximum Gasteiger partial charge on any atom is 0.348 e. The van der Waals surface area contributed by atoms with Crippen molar-refractivity contribution in [3.63, 3.8) is 0 Å². The number of fused-ring (bicyclic) bond motifs is 1. The minimum atomic E-state index is -0.351. The van der Waals surface area contributed by atoms with Gasteiger partial charge in [0.15, 0.2) is 0 Å². The van der Waals surface area contributed by atoms with Crippen molar-refractivity contribution >= 4 is 44.9 Å². The number of carbonyl (C=O) groups is 1. The van der Waals surface area contributed by atoms with Crippen LogP contribution in [-0.4, -0.2) is 49.4 Å². The average Bonchev–Trinajstić information content (AvgIpc) is 2.78. The lowest BCUT2D eigenvalue weighted by atomic mass is 10.2. The molecule has 6 nitrogen and oxygen atoms in total. The normalized spacial score (nSPS) is 15.4. The van der Waals surface area contributed by atoms with E-state index in [4.69, 9.17) is 21.1 Å². The number of aromatic nitrogens is 2. The van der Waals surface area contributed by atoms with Gasteiger partial charge in [0.1, 0.15) is 22.1 Å². The number of hydrogen-bond donors (Lipinski definition) is 0. The smallest absolute Gasteiger partial charge is 0.348 e. The topological polar surface area (TPSA) is 64.5 Å². The van der Waals surface area contributed by atoms with Crippen LogP contribution in [0.25, 0.3) is 10.2 Å². The van der Waals surface area contributed by atoms with E-state index in [0.717, 1.165) is 47.5 Å². The SMILES string of the molecule is COCCOC(=O)c1sc2nc(Cl)nc(N3CCCCCC3)c2c1C. The van der Waals surface area contributed by atoms with Crippen LogP contribution in [0.4, 0.5) is 5.82 Å². The molecule has 0 N–H and O–H groups in total. The van der Waals surface area contributed by atoms with Crippen molar-refractivity contribution < 1.29 is 14.3 Å². The molecular weight excluding hydrogens is 362 g/mol. The van der Waals surface area contributed by atoms with Crippen LogP contribution < -0.4 is 4.90 Å². The van der Waals surface area contributed by atoms with Crippen molar-refractivity contribution in [1.29, 1.82) is 0 Å². The summed E-state index contributed by atoms with van der Waals surface area (Å²) >= 11 is 7.46. The highest BCUT2D eigenvalue weighted by atomic mass is 35.5. The number of thiophene rings is 1. The van der Waals surface area contributed by atoms with Gasteiger partial charge < -0.3 is 14.4 Å². The molecule has 136 valence electrons. The number of aryl methyl sites for hydroxylation is 1. The summed E-state index contributed by atoms with van der Waals surface area (Å²) < 4.78 is 10.2. The summed E-state index contributed by atoms with van der Waals surface area (Å²) in [6, 6.07) is 0. The number of anilines is 1. The van der Waals surface area contributed by atoms with Crippen LogP contribution in [0.3, 0.4) is 0 Å². The Bertz CT molecular complexity index is 757. The molecule has 0 amide bonds. The maximum absolute atomic E-state index is 12.4. The Morgan fingerprint density at radius 1 is 1.20 bits per heavy atom. The number of rotatable bonds is 5. The highest BCUT2D eigenvalue weighted by Gasteiger charge is 2.24. The van der Waals surface area contributed by atoms with Crippen molar-refractivity contribution in [2.45, 2.75) is 32.6 Å². The predicted octanol–water partition coefficient (Wildman–Crippen LogP) is 3.84. The summed E-state index contributed by atoms with van der Waals surface area (Å²) in [6.07, 6.45) is 4.74. The molecule has 0 radical (unpaired) electrons. The van der Waals surface area contributed by atoms with Crippen molar-refractivity contribution in [2.24, 2.45) is 0 Å². The van der Waals surface area contributed by atoms with Crippen molar-refractivity contribution in [2.75, 3.05) is 38.3 Å². The third kappa shape index (κ3) is 4.04. The molecular formula is C17H22ClN3O3S.